The van der Waals surface area contributed by atoms with Crippen molar-refractivity contribution in [1.29, 1.82) is 0 Å². The largest absolute Gasteiger partial charge is 0.370 e. The molecule has 0 spiro atoms. The molecule has 6 heteroatoms. The summed E-state index contributed by atoms with van der Waals surface area (Å²) in [5, 5.41) is 8.82. The molecule has 0 atom stereocenters. The van der Waals surface area contributed by atoms with Crippen LogP contribution in [0.1, 0.15) is 36.5 Å². The summed E-state index contributed by atoms with van der Waals surface area (Å²) in [5.41, 5.74) is 3.60. The van der Waals surface area contributed by atoms with Gasteiger partial charge in [0, 0.05) is 25.5 Å². The number of hydrogen-bond donors (Lipinski definition) is 3. The van der Waals surface area contributed by atoms with E-state index < -0.39 is 0 Å². The second-order valence-corrected chi connectivity index (χ2v) is 5.93. The summed E-state index contributed by atoms with van der Waals surface area (Å²) in [7, 11) is 0. The van der Waals surface area contributed by atoms with Gasteiger partial charge in [-0.05, 0) is 67.5 Å². The van der Waals surface area contributed by atoms with Gasteiger partial charge >= 0.3 is 6.03 Å². The Labute approximate surface area is 142 Å². The molecule has 24 heavy (non-hydrogen) atoms. The third-order valence-corrected chi connectivity index (χ3v) is 4.10. The molecule has 2 aromatic heterocycles. The lowest BCUT2D eigenvalue weighted by Gasteiger charge is -2.16. The minimum atomic E-state index is -0.250. The summed E-state index contributed by atoms with van der Waals surface area (Å²) in [5.74, 6) is 1.42. The topological polar surface area (TPSA) is 78.9 Å². The SMILES string of the molecule is CCNc1cc(CNC(=O)Nc2cc3c(cn2)CCCC3)ccn1. The van der Waals surface area contributed by atoms with E-state index in [1.165, 1.54) is 24.0 Å². The van der Waals surface area contributed by atoms with Crippen molar-refractivity contribution in [3.05, 3.63) is 47.3 Å². The van der Waals surface area contributed by atoms with Crippen LogP contribution in [-0.4, -0.2) is 22.5 Å². The van der Waals surface area contributed by atoms with Gasteiger partial charge in [0.25, 0.3) is 0 Å². The molecular formula is C18H23N5O. The van der Waals surface area contributed by atoms with E-state index >= 15 is 0 Å². The average Bonchev–Trinajstić information content (AvgIpc) is 2.61. The van der Waals surface area contributed by atoms with E-state index in [1.807, 2.05) is 31.3 Å². The number of aromatic nitrogens is 2. The second kappa shape index (κ2) is 7.77. The summed E-state index contributed by atoms with van der Waals surface area (Å²) >= 11 is 0. The number of carbonyl (C=O) groups excluding carboxylic acids is 1. The number of nitrogens with zero attached hydrogens (tertiary/aromatic N) is 2. The van der Waals surface area contributed by atoms with Crippen molar-refractivity contribution < 1.29 is 4.79 Å². The Morgan fingerprint density at radius 3 is 2.79 bits per heavy atom. The number of urea groups is 1. The standard InChI is InChI=1S/C18H23N5O/c1-2-19-16-9-13(7-8-20-16)11-22-18(24)23-17-10-14-5-3-4-6-15(14)12-21-17/h7-10,12H,2-6,11H2,1H3,(H,19,20)(H2,21,22,23,24). The Hall–Kier alpha value is -2.63. The van der Waals surface area contributed by atoms with E-state index in [1.54, 1.807) is 6.20 Å². The van der Waals surface area contributed by atoms with E-state index in [9.17, 15) is 4.79 Å². The minimum absolute atomic E-state index is 0.250. The van der Waals surface area contributed by atoms with Gasteiger partial charge in [-0.25, -0.2) is 14.8 Å². The van der Waals surface area contributed by atoms with Gasteiger partial charge in [-0.15, -0.1) is 0 Å². The smallest absolute Gasteiger partial charge is 0.320 e. The van der Waals surface area contributed by atoms with Gasteiger partial charge in [0.2, 0.25) is 0 Å². The lowest BCUT2D eigenvalue weighted by molar-refractivity contribution is 0.251. The van der Waals surface area contributed by atoms with E-state index in [2.05, 4.69) is 25.9 Å². The molecule has 0 saturated carbocycles. The van der Waals surface area contributed by atoms with Crippen molar-refractivity contribution in [2.24, 2.45) is 0 Å². The van der Waals surface area contributed by atoms with Crippen LogP contribution in [0.3, 0.4) is 0 Å². The van der Waals surface area contributed by atoms with Crippen LogP contribution in [0.5, 0.6) is 0 Å². The third-order valence-electron chi connectivity index (χ3n) is 4.10. The lowest BCUT2D eigenvalue weighted by Crippen LogP contribution is -2.28. The van der Waals surface area contributed by atoms with Crippen LogP contribution in [-0.2, 0) is 19.4 Å². The van der Waals surface area contributed by atoms with Crippen LogP contribution >= 0.6 is 0 Å². The van der Waals surface area contributed by atoms with Gasteiger partial charge in [0.1, 0.15) is 11.6 Å². The molecule has 2 heterocycles. The Morgan fingerprint density at radius 2 is 1.96 bits per heavy atom. The van der Waals surface area contributed by atoms with Crippen LogP contribution < -0.4 is 16.0 Å². The summed E-state index contributed by atoms with van der Waals surface area (Å²) in [4.78, 5) is 20.6. The van der Waals surface area contributed by atoms with E-state index in [-0.39, 0.29) is 6.03 Å². The lowest BCUT2D eigenvalue weighted by atomic mass is 9.93. The minimum Gasteiger partial charge on any atom is -0.370 e. The normalized spacial score (nSPS) is 13.0. The number of nitrogens with one attached hydrogen (secondary N) is 3. The first-order valence-electron chi connectivity index (χ1n) is 8.46. The maximum absolute atomic E-state index is 12.1. The van der Waals surface area contributed by atoms with Crippen LogP contribution in [0, 0.1) is 0 Å². The van der Waals surface area contributed by atoms with Crippen molar-refractivity contribution in [1.82, 2.24) is 15.3 Å². The Kier molecular flexibility index (Phi) is 5.25. The molecule has 3 rings (SSSR count). The first-order chi connectivity index (χ1) is 11.7. The summed E-state index contributed by atoms with van der Waals surface area (Å²) < 4.78 is 0. The van der Waals surface area contributed by atoms with Gasteiger partial charge in [-0.2, -0.15) is 0 Å². The van der Waals surface area contributed by atoms with Crippen LogP contribution in [0.2, 0.25) is 0 Å². The third kappa shape index (κ3) is 4.22. The van der Waals surface area contributed by atoms with Gasteiger partial charge in [-0.1, -0.05) is 0 Å². The van der Waals surface area contributed by atoms with E-state index in [0.717, 1.165) is 30.8 Å². The molecule has 2 amide bonds. The number of amides is 2. The number of rotatable bonds is 5. The molecule has 0 aliphatic heterocycles. The van der Waals surface area contributed by atoms with E-state index in [0.29, 0.717) is 12.4 Å². The number of fused-ring (bicyclic) bond motifs is 1. The predicted molar refractivity (Wildman–Crippen MR) is 95.1 cm³/mol. The monoisotopic (exact) mass is 325 g/mol. The molecule has 0 unspecified atom stereocenters. The highest BCUT2D eigenvalue weighted by atomic mass is 16.2. The number of aryl methyl sites for hydroxylation is 2. The molecular weight excluding hydrogens is 302 g/mol. The molecule has 3 N–H and O–H groups in total. The summed E-state index contributed by atoms with van der Waals surface area (Å²) in [6.07, 6.45) is 8.21. The fourth-order valence-electron chi connectivity index (χ4n) is 2.89. The zero-order valence-corrected chi connectivity index (χ0v) is 13.9. The van der Waals surface area contributed by atoms with Crippen LogP contribution in [0.4, 0.5) is 16.4 Å². The summed E-state index contributed by atoms with van der Waals surface area (Å²) in [6.45, 7) is 3.28. The van der Waals surface area contributed by atoms with Crippen molar-refractivity contribution in [2.45, 2.75) is 39.2 Å². The van der Waals surface area contributed by atoms with Crippen molar-refractivity contribution in [3.8, 4) is 0 Å². The van der Waals surface area contributed by atoms with Crippen LogP contribution in [0.15, 0.2) is 30.6 Å². The quantitative estimate of drug-likeness (QED) is 0.789. The predicted octanol–water partition coefficient (Wildman–Crippen LogP) is 3.11. The highest BCUT2D eigenvalue weighted by Gasteiger charge is 2.11. The molecule has 0 fully saturated rings. The molecule has 0 aromatic carbocycles. The first-order valence-corrected chi connectivity index (χ1v) is 8.46. The maximum atomic E-state index is 12.1. The maximum Gasteiger partial charge on any atom is 0.320 e. The fourth-order valence-corrected chi connectivity index (χ4v) is 2.89. The Bertz CT molecular complexity index is 716. The highest BCUT2D eigenvalue weighted by molar-refractivity contribution is 5.88. The van der Waals surface area contributed by atoms with Gasteiger partial charge in [0.05, 0.1) is 0 Å². The molecule has 2 aromatic rings. The fraction of sp³-hybridized carbons (Fsp3) is 0.389. The van der Waals surface area contributed by atoms with E-state index in [4.69, 9.17) is 0 Å². The number of hydrogen-bond acceptors (Lipinski definition) is 4. The van der Waals surface area contributed by atoms with Gasteiger partial charge < -0.3 is 10.6 Å². The van der Waals surface area contributed by atoms with Crippen LogP contribution in [0.25, 0.3) is 0 Å². The number of anilines is 2. The molecule has 1 aliphatic carbocycles. The Morgan fingerprint density at radius 1 is 1.12 bits per heavy atom. The Balaban J connectivity index is 1.55. The molecule has 1 aliphatic rings. The molecule has 6 nitrogen and oxygen atoms in total. The highest BCUT2D eigenvalue weighted by Crippen LogP contribution is 2.22. The second-order valence-electron chi connectivity index (χ2n) is 5.93. The van der Waals surface area contributed by atoms with Gasteiger partial charge in [-0.3, -0.25) is 5.32 Å². The molecule has 126 valence electrons. The van der Waals surface area contributed by atoms with Crippen molar-refractivity contribution >= 4 is 17.7 Å². The summed E-state index contributed by atoms with van der Waals surface area (Å²) in [6, 6.07) is 5.56. The molecule has 0 bridgehead atoms. The number of pyridine rings is 2. The molecule has 0 saturated heterocycles. The first kappa shape index (κ1) is 16.2. The zero-order valence-electron chi connectivity index (χ0n) is 13.9. The average molecular weight is 325 g/mol. The van der Waals surface area contributed by atoms with Crippen molar-refractivity contribution in [3.63, 3.8) is 0 Å². The van der Waals surface area contributed by atoms with Gasteiger partial charge in [0.15, 0.2) is 0 Å². The zero-order chi connectivity index (χ0) is 16.8. The molecule has 0 radical (unpaired) electrons. The van der Waals surface area contributed by atoms with Crippen molar-refractivity contribution in [2.75, 3.05) is 17.2 Å². The number of carbonyl (C=O) groups is 1.